The van der Waals surface area contributed by atoms with Crippen molar-refractivity contribution in [2.24, 2.45) is 0 Å². The SMILES string of the molecule is COc1cccc(C#Cc2cccc3[nH]c(CCc4ccccn4)nc23)c1. The molecule has 0 bridgehead atoms. The lowest BCUT2D eigenvalue weighted by molar-refractivity contribution is 0.414. The van der Waals surface area contributed by atoms with Crippen molar-refractivity contribution >= 4 is 11.0 Å². The van der Waals surface area contributed by atoms with Crippen LogP contribution in [0.2, 0.25) is 0 Å². The van der Waals surface area contributed by atoms with Gasteiger partial charge in [0, 0.05) is 23.9 Å². The van der Waals surface area contributed by atoms with E-state index in [9.17, 15) is 0 Å². The van der Waals surface area contributed by atoms with Crippen molar-refractivity contribution in [3.63, 3.8) is 0 Å². The molecule has 0 radical (unpaired) electrons. The fraction of sp³-hybridized carbons (Fsp3) is 0.130. The van der Waals surface area contributed by atoms with Crippen molar-refractivity contribution < 1.29 is 4.74 Å². The molecular weight excluding hydrogens is 334 g/mol. The summed E-state index contributed by atoms with van der Waals surface area (Å²) in [6, 6.07) is 19.7. The van der Waals surface area contributed by atoms with Crippen LogP contribution in [0.1, 0.15) is 22.6 Å². The molecule has 27 heavy (non-hydrogen) atoms. The monoisotopic (exact) mass is 353 g/mol. The number of aryl methyl sites for hydroxylation is 2. The Hall–Kier alpha value is -3.58. The second kappa shape index (κ2) is 7.76. The Morgan fingerprint density at radius 1 is 0.963 bits per heavy atom. The molecule has 2 aromatic heterocycles. The first-order valence-corrected chi connectivity index (χ1v) is 8.85. The van der Waals surface area contributed by atoms with Crippen LogP contribution >= 0.6 is 0 Å². The van der Waals surface area contributed by atoms with Gasteiger partial charge in [-0.2, -0.15) is 0 Å². The highest BCUT2D eigenvalue weighted by Crippen LogP contribution is 2.17. The summed E-state index contributed by atoms with van der Waals surface area (Å²) in [5.41, 5.74) is 4.80. The Balaban J connectivity index is 1.59. The summed E-state index contributed by atoms with van der Waals surface area (Å²) in [4.78, 5) is 12.5. The minimum Gasteiger partial charge on any atom is -0.497 e. The summed E-state index contributed by atoms with van der Waals surface area (Å²) in [6.45, 7) is 0. The van der Waals surface area contributed by atoms with E-state index in [4.69, 9.17) is 9.72 Å². The number of ether oxygens (including phenoxy) is 1. The third kappa shape index (κ3) is 3.99. The molecule has 0 unspecified atom stereocenters. The molecule has 0 amide bonds. The van der Waals surface area contributed by atoms with Gasteiger partial charge in [0.25, 0.3) is 0 Å². The smallest absolute Gasteiger partial charge is 0.120 e. The Morgan fingerprint density at radius 2 is 1.89 bits per heavy atom. The van der Waals surface area contributed by atoms with Gasteiger partial charge in [-0.1, -0.05) is 30.0 Å². The molecule has 0 atom stereocenters. The molecule has 0 spiro atoms. The van der Waals surface area contributed by atoms with Crippen molar-refractivity contribution in [2.45, 2.75) is 12.8 Å². The highest BCUT2D eigenvalue weighted by Gasteiger charge is 2.06. The van der Waals surface area contributed by atoms with Gasteiger partial charge in [-0.25, -0.2) is 4.98 Å². The number of aromatic amines is 1. The Kier molecular flexibility index (Phi) is 4.84. The highest BCUT2D eigenvalue weighted by atomic mass is 16.5. The van der Waals surface area contributed by atoms with Crippen LogP contribution in [0.4, 0.5) is 0 Å². The lowest BCUT2D eigenvalue weighted by Crippen LogP contribution is -1.95. The van der Waals surface area contributed by atoms with Gasteiger partial charge >= 0.3 is 0 Å². The maximum absolute atomic E-state index is 5.25. The van der Waals surface area contributed by atoms with Crippen molar-refractivity contribution in [3.05, 3.63) is 89.5 Å². The minimum absolute atomic E-state index is 0.802. The van der Waals surface area contributed by atoms with E-state index in [0.717, 1.165) is 52.3 Å². The lowest BCUT2D eigenvalue weighted by Gasteiger charge is -1.98. The number of benzene rings is 2. The number of rotatable bonds is 4. The summed E-state index contributed by atoms with van der Waals surface area (Å²) >= 11 is 0. The number of nitrogens with zero attached hydrogens (tertiary/aromatic N) is 2. The first-order valence-electron chi connectivity index (χ1n) is 8.85. The number of imidazole rings is 1. The number of methoxy groups -OCH3 is 1. The molecule has 0 aliphatic heterocycles. The normalized spacial score (nSPS) is 10.4. The van der Waals surface area contributed by atoms with Gasteiger partial charge in [-0.3, -0.25) is 4.98 Å². The van der Waals surface area contributed by atoms with E-state index in [-0.39, 0.29) is 0 Å². The van der Waals surface area contributed by atoms with Crippen LogP contribution < -0.4 is 4.74 Å². The van der Waals surface area contributed by atoms with E-state index in [1.807, 2.05) is 66.9 Å². The number of pyridine rings is 1. The number of fused-ring (bicyclic) bond motifs is 1. The molecule has 2 aromatic carbocycles. The molecule has 0 aliphatic carbocycles. The number of hydrogen-bond donors (Lipinski definition) is 1. The Labute approximate surface area is 158 Å². The number of nitrogens with one attached hydrogen (secondary N) is 1. The van der Waals surface area contributed by atoms with Crippen molar-refractivity contribution in [1.29, 1.82) is 0 Å². The van der Waals surface area contributed by atoms with Gasteiger partial charge < -0.3 is 9.72 Å². The zero-order valence-corrected chi connectivity index (χ0v) is 15.1. The highest BCUT2D eigenvalue weighted by molar-refractivity contribution is 5.82. The Morgan fingerprint density at radius 3 is 2.74 bits per heavy atom. The van der Waals surface area contributed by atoms with Crippen LogP contribution in [0.25, 0.3) is 11.0 Å². The average Bonchev–Trinajstić information content (AvgIpc) is 3.15. The quantitative estimate of drug-likeness (QED) is 0.561. The number of hydrogen-bond acceptors (Lipinski definition) is 3. The maximum atomic E-state index is 5.25. The van der Waals surface area contributed by atoms with Crippen molar-refractivity contribution in [2.75, 3.05) is 7.11 Å². The lowest BCUT2D eigenvalue weighted by atomic mass is 10.1. The fourth-order valence-corrected chi connectivity index (χ4v) is 2.94. The van der Waals surface area contributed by atoms with Crippen LogP contribution in [0.5, 0.6) is 5.75 Å². The van der Waals surface area contributed by atoms with Crippen LogP contribution in [-0.2, 0) is 12.8 Å². The predicted molar refractivity (Wildman–Crippen MR) is 107 cm³/mol. The number of aromatic nitrogens is 3. The molecule has 4 aromatic rings. The van der Waals surface area contributed by atoms with E-state index in [1.165, 1.54) is 0 Å². The van der Waals surface area contributed by atoms with Gasteiger partial charge in [-0.15, -0.1) is 0 Å². The van der Waals surface area contributed by atoms with Crippen molar-refractivity contribution in [3.8, 4) is 17.6 Å². The zero-order chi connectivity index (χ0) is 18.5. The molecule has 1 N–H and O–H groups in total. The van der Waals surface area contributed by atoms with Gasteiger partial charge in [0.15, 0.2) is 0 Å². The topological polar surface area (TPSA) is 50.8 Å². The van der Waals surface area contributed by atoms with Crippen LogP contribution in [0.15, 0.2) is 66.9 Å². The summed E-state index contributed by atoms with van der Waals surface area (Å²) in [5, 5.41) is 0. The van der Waals surface area contributed by atoms with Crippen LogP contribution in [0, 0.1) is 11.8 Å². The number of para-hydroxylation sites is 1. The summed E-state index contributed by atoms with van der Waals surface area (Å²) in [5.74, 6) is 8.20. The molecule has 4 rings (SSSR count). The van der Waals surface area contributed by atoms with E-state index < -0.39 is 0 Å². The minimum atomic E-state index is 0.802. The van der Waals surface area contributed by atoms with Gasteiger partial charge in [0.1, 0.15) is 17.1 Å². The van der Waals surface area contributed by atoms with Crippen LogP contribution in [0.3, 0.4) is 0 Å². The summed E-state index contributed by atoms with van der Waals surface area (Å²) in [6.07, 6.45) is 3.49. The van der Waals surface area contributed by atoms with E-state index in [0.29, 0.717) is 0 Å². The van der Waals surface area contributed by atoms with Crippen molar-refractivity contribution in [1.82, 2.24) is 15.0 Å². The van der Waals surface area contributed by atoms with Crippen LogP contribution in [-0.4, -0.2) is 22.1 Å². The average molecular weight is 353 g/mol. The third-order valence-corrected chi connectivity index (χ3v) is 4.32. The molecule has 4 nitrogen and oxygen atoms in total. The van der Waals surface area contributed by atoms with Gasteiger partial charge in [-0.05, 0) is 48.9 Å². The van der Waals surface area contributed by atoms with Gasteiger partial charge in [0.05, 0.1) is 18.2 Å². The molecule has 4 heteroatoms. The number of H-pyrrole nitrogens is 1. The standard InChI is InChI=1S/C23H19N3O/c1-27-20-9-4-6-17(16-20)11-12-18-7-5-10-21-23(18)26-22(25-21)14-13-19-8-2-3-15-24-19/h2-10,15-16H,13-14H2,1H3,(H,25,26). The molecular formula is C23H19N3O. The summed E-state index contributed by atoms with van der Waals surface area (Å²) in [7, 11) is 1.66. The van der Waals surface area contributed by atoms with E-state index in [1.54, 1.807) is 7.11 Å². The predicted octanol–water partition coefficient (Wildman–Crippen LogP) is 4.15. The molecule has 132 valence electrons. The second-order valence-electron chi connectivity index (χ2n) is 6.19. The largest absolute Gasteiger partial charge is 0.497 e. The fourth-order valence-electron chi connectivity index (χ4n) is 2.94. The third-order valence-electron chi connectivity index (χ3n) is 4.32. The molecule has 0 saturated heterocycles. The van der Waals surface area contributed by atoms with E-state index >= 15 is 0 Å². The van der Waals surface area contributed by atoms with Gasteiger partial charge in [0.2, 0.25) is 0 Å². The van der Waals surface area contributed by atoms with E-state index in [2.05, 4.69) is 21.8 Å². The molecule has 0 fully saturated rings. The second-order valence-corrected chi connectivity index (χ2v) is 6.19. The molecule has 0 aliphatic rings. The first kappa shape index (κ1) is 16.9. The molecule has 0 saturated carbocycles. The zero-order valence-electron chi connectivity index (χ0n) is 15.1. The summed E-state index contributed by atoms with van der Waals surface area (Å²) < 4.78 is 5.25. The Bertz CT molecular complexity index is 1120. The first-order chi connectivity index (χ1) is 13.3. The maximum Gasteiger partial charge on any atom is 0.120 e. The molecule has 2 heterocycles.